The van der Waals surface area contributed by atoms with Crippen LogP contribution in [0, 0.1) is 18.6 Å². The van der Waals surface area contributed by atoms with Crippen molar-refractivity contribution in [2.75, 3.05) is 0 Å². The lowest BCUT2D eigenvalue weighted by Crippen LogP contribution is -1.98. The topological polar surface area (TPSA) is 33.6 Å². The van der Waals surface area contributed by atoms with Crippen LogP contribution in [0.25, 0.3) is 16.7 Å². The molecule has 1 N–H and O–H groups in total. The van der Waals surface area contributed by atoms with Gasteiger partial charge in [-0.25, -0.2) is 0 Å². The maximum Gasteiger partial charge on any atom is 0.182 e. The third-order valence-corrected chi connectivity index (χ3v) is 3.59. The molecule has 2 aromatic heterocycles. The van der Waals surface area contributed by atoms with Crippen LogP contribution in [0.1, 0.15) is 11.1 Å². The second kappa shape index (κ2) is 4.07. The largest absolute Gasteiger partial charge is 0.329 e. The first-order valence-electron chi connectivity index (χ1n) is 5.80. The molecule has 3 rings (SSSR count). The number of imidazole rings is 1. The van der Waals surface area contributed by atoms with Crippen LogP contribution >= 0.6 is 12.2 Å². The van der Waals surface area contributed by atoms with E-state index in [0.717, 1.165) is 16.7 Å². The molecule has 0 fully saturated rings. The first kappa shape index (κ1) is 11.2. The first-order valence-corrected chi connectivity index (χ1v) is 6.20. The second-order valence-electron chi connectivity index (χ2n) is 4.38. The fraction of sp³-hybridized carbons (Fsp3) is 0.143. The van der Waals surface area contributed by atoms with E-state index in [4.69, 9.17) is 12.2 Å². The number of rotatable bonds is 1. The molecule has 4 heteroatoms. The zero-order valence-electron chi connectivity index (χ0n) is 10.3. The van der Waals surface area contributed by atoms with E-state index >= 15 is 0 Å². The smallest absolute Gasteiger partial charge is 0.182 e. The van der Waals surface area contributed by atoms with Crippen molar-refractivity contribution in [3.63, 3.8) is 0 Å². The Morgan fingerprint density at radius 2 is 2.06 bits per heavy atom. The molecule has 3 aromatic rings. The first-order chi connectivity index (χ1) is 8.68. The Morgan fingerprint density at radius 3 is 2.89 bits per heavy atom. The molecule has 0 aliphatic heterocycles. The van der Waals surface area contributed by atoms with E-state index in [0.29, 0.717) is 4.77 Å². The molecule has 0 spiro atoms. The Balaban J connectivity index is 2.42. The van der Waals surface area contributed by atoms with Crippen molar-refractivity contribution in [2.24, 2.45) is 0 Å². The molecule has 0 saturated heterocycles. The van der Waals surface area contributed by atoms with Crippen LogP contribution in [0.3, 0.4) is 0 Å². The quantitative estimate of drug-likeness (QED) is 0.673. The van der Waals surface area contributed by atoms with Crippen LogP contribution in [0.5, 0.6) is 0 Å². The van der Waals surface area contributed by atoms with Gasteiger partial charge < -0.3 is 4.98 Å². The summed E-state index contributed by atoms with van der Waals surface area (Å²) < 4.78 is 2.76. The number of H-pyrrole nitrogens is 1. The molecule has 0 aliphatic rings. The molecule has 0 atom stereocenters. The summed E-state index contributed by atoms with van der Waals surface area (Å²) in [6, 6.07) is 8.23. The molecule has 0 amide bonds. The summed E-state index contributed by atoms with van der Waals surface area (Å²) >= 11 is 5.42. The number of nitrogens with zero attached hydrogens (tertiary/aromatic N) is 2. The number of aromatic amines is 1. The van der Waals surface area contributed by atoms with Crippen molar-refractivity contribution in [1.29, 1.82) is 0 Å². The molecule has 0 radical (unpaired) electrons. The summed E-state index contributed by atoms with van der Waals surface area (Å²) in [6.07, 6.45) is 3.58. The number of aryl methyl sites for hydroxylation is 1. The highest BCUT2D eigenvalue weighted by molar-refractivity contribution is 7.71. The normalized spacial score (nSPS) is 11.0. The maximum absolute atomic E-state index is 5.42. The number of pyridine rings is 1. The van der Waals surface area contributed by atoms with E-state index < -0.39 is 0 Å². The number of fused-ring (bicyclic) bond motifs is 1. The van der Waals surface area contributed by atoms with Gasteiger partial charge in [0.1, 0.15) is 0 Å². The molecule has 1 aromatic carbocycles. The third kappa shape index (κ3) is 1.57. The van der Waals surface area contributed by atoms with Crippen LogP contribution < -0.4 is 0 Å². The molecule has 2 heterocycles. The summed E-state index contributed by atoms with van der Waals surface area (Å²) in [5.74, 6) is 0. The SMILES string of the molecule is Cc1cccc(-n2c(=S)[nH]c3cnccc32)c1C. The van der Waals surface area contributed by atoms with Crippen LogP contribution in [0.4, 0.5) is 0 Å². The van der Waals surface area contributed by atoms with Crippen molar-refractivity contribution in [3.05, 3.63) is 52.6 Å². The third-order valence-electron chi connectivity index (χ3n) is 3.30. The van der Waals surface area contributed by atoms with Gasteiger partial charge in [-0.2, -0.15) is 0 Å². The fourth-order valence-corrected chi connectivity index (χ4v) is 2.48. The van der Waals surface area contributed by atoms with Crippen molar-refractivity contribution >= 4 is 23.3 Å². The Morgan fingerprint density at radius 1 is 1.22 bits per heavy atom. The van der Waals surface area contributed by atoms with Crippen molar-refractivity contribution in [3.8, 4) is 5.69 Å². The highest BCUT2D eigenvalue weighted by Crippen LogP contribution is 2.23. The van der Waals surface area contributed by atoms with E-state index in [-0.39, 0.29) is 0 Å². The van der Waals surface area contributed by atoms with Crippen molar-refractivity contribution in [2.45, 2.75) is 13.8 Å². The van der Waals surface area contributed by atoms with E-state index in [1.165, 1.54) is 11.1 Å². The number of hydrogen-bond donors (Lipinski definition) is 1. The number of nitrogens with one attached hydrogen (secondary N) is 1. The molecule has 0 bridgehead atoms. The molecule has 0 unspecified atom stereocenters. The van der Waals surface area contributed by atoms with Crippen molar-refractivity contribution < 1.29 is 0 Å². The summed E-state index contributed by atoms with van der Waals surface area (Å²) in [5, 5.41) is 0. The Hall–Kier alpha value is -1.94. The van der Waals surface area contributed by atoms with Gasteiger partial charge in [0.2, 0.25) is 0 Å². The standard InChI is InChI=1S/C14H13N3S/c1-9-4-3-5-12(10(9)2)17-13-6-7-15-8-11(13)16-14(17)18/h3-8H,1-2H3,(H,16,18). The van der Waals surface area contributed by atoms with E-state index in [2.05, 4.69) is 46.6 Å². The van der Waals surface area contributed by atoms with Gasteiger partial charge in [-0.15, -0.1) is 0 Å². The van der Waals surface area contributed by atoms with Crippen LogP contribution in [0.2, 0.25) is 0 Å². The highest BCUT2D eigenvalue weighted by Gasteiger charge is 2.09. The lowest BCUT2D eigenvalue weighted by molar-refractivity contribution is 1.04. The molecule has 3 nitrogen and oxygen atoms in total. The lowest BCUT2D eigenvalue weighted by Gasteiger charge is -2.10. The fourth-order valence-electron chi connectivity index (χ4n) is 2.18. The minimum absolute atomic E-state index is 0.701. The van der Waals surface area contributed by atoms with E-state index in [9.17, 15) is 0 Å². The Bertz CT molecular complexity index is 783. The molecule has 0 aliphatic carbocycles. The molecule has 90 valence electrons. The molecular weight excluding hydrogens is 242 g/mol. The molecule has 0 saturated carbocycles. The Labute approximate surface area is 110 Å². The number of benzene rings is 1. The second-order valence-corrected chi connectivity index (χ2v) is 4.76. The van der Waals surface area contributed by atoms with Gasteiger partial charge in [-0.1, -0.05) is 12.1 Å². The van der Waals surface area contributed by atoms with Gasteiger partial charge in [-0.3, -0.25) is 9.55 Å². The maximum atomic E-state index is 5.42. The summed E-state index contributed by atoms with van der Waals surface area (Å²) in [5.41, 5.74) is 5.65. The monoisotopic (exact) mass is 255 g/mol. The lowest BCUT2D eigenvalue weighted by atomic mass is 10.1. The van der Waals surface area contributed by atoms with Gasteiger partial charge in [0.25, 0.3) is 0 Å². The van der Waals surface area contributed by atoms with Gasteiger partial charge >= 0.3 is 0 Å². The summed E-state index contributed by atoms with van der Waals surface area (Å²) in [7, 11) is 0. The van der Waals surface area contributed by atoms with Gasteiger partial charge in [0.05, 0.1) is 22.9 Å². The van der Waals surface area contributed by atoms with Crippen molar-refractivity contribution in [1.82, 2.24) is 14.5 Å². The highest BCUT2D eigenvalue weighted by atomic mass is 32.1. The van der Waals surface area contributed by atoms with Crippen LogP contribution in [-0.2, 0) is 0 Å². The predicted octanol–water partition coefficient (Wildman–Crippen LogP) is 3.70. The minimum atomic E-state index is 0.701. The summed E-state index contributed by atoms with van der Waals surface area (Å²) in [4.78, 5) is 7.30. The molecular formula is C14H13N3S. The minimum Gasteiger partial charge on any atom is -0.329 e. The zero-order valence-corrected chi connectivity index (χ0v) is 11.1. The summed E-state index contributed by atoms with van der Waals surface area (Å²) in [6.45, 7) is 4.23. The van der Waals surface area contributed by atoms with Crippen LogP contribution in [-0.4, -0.2) is 14.5 Å². The van der Waals surface area contributed by atoms with Gasteiger partial charge in [0, 0.05) is 6.20 Å². The average Bonchev–Trinajstić information content (AvgIpc) is 2.69. The Kier molecular flexibility index (Phi) is 2.52. The number of hydrogen-bond acceptors (Lipinski definition) is 2. The van der Waals surface area contributed by atoms with Crippen LogP contribution in [0.15, 0.2) is 36.7 Å². The molecule has 18 heavy (non-hydrogen) atoms. The predicted molar refractivity (Wildman–Crippen MR) is 75.7 cm³/mol. The zero-order chi connectivity index (χ0) is 12.7. The van der Waals surface area contributed by atoms with E-state index in [1.807, 2.05) is 6.07 Å². The average molecular weight is 255 g/mol. The van der Waals surface area contributed by atoms with Gasteiger partial charge in [-0.05, 0) is 49.3 Å². The van der Waals surface area contributed by atoms with Gasteiger partial charge in [0.15, 0.2) is 4.77 Å². The number of aromatic nitrogens is 3. The van der Waals surface area contributed by atoms with E-state index in [1.54, 1.807) is 12.4 Å².